The first-order chi connectivity index (χ1) is 7.15. The summed E-state index contributed by atoms with van der Waals surface area (Å²) in [5.74, 6) is -0.955. The van der Waals surface area contributed by atoms with Gasteiger partial charge in [-0.25, -0.2) is 14.2 Å². The Balaban J connectivity index is 2.81. The number of nitrogens with zero attached hydrogens (tertiary/aromatic N) is 1. The fourth-order valence-electron chi connectivity index (χ4n) is 1.01. The SMILES string of the molecule is CCCCSc1ncc(F)cc1C(=O)O. The van der Waals surface area contributed by atoms with Crippen molar-refractivity contribution in [3.8, 4) is 0 Å². The number of aromatic nitrogens is 1. The van der Waals surface area contributed by atoms with Crippen LogP contribution in [0.25, 0.3) is 0 Å². The van der Waals surface area contributed by atoms with Crippen molar-refractivity contribution in [1.29, 1.82) is 0 Å². The molecule has 0 saturated carbocycles. The van der Waals surface area contributed by atoms with Gasteiger partial charge in [-0.1, -0.05) is 13.3 Å². The van der Waals surface area contributed by atoms with E-state index in [1.807, 2.05) is 0 Å². The van der Waals surface area contributed by atoms with Gasteiger partial charge in [0.1, 0.15) is 10.8 Å². The minimum Gasteiger partial charge on any atom is -0.478 e. The quantitative estimate of drug-likeness (QED) is 0.623. The maximum absolute atomic E-state index is 12.8. The average molecular weight is 229 g/mol. The first-order valence-corrected chi connectivity index (χ1v) is 5.65. The molecule has 1 N–H and O–H groups in total. The second-order valence-electron chi connectivity index (χ2n) is 3.01. The fraction of sp³-hybridized carbons (Fsp3) is 0.400. The standard InChI is InChI=1S/C10H12FNO2S/c1-2-3-4-15-9-8(10(13)14)5-7(11)6-12-9/h5-6H,2-4H2,1H3,(H,13,14). The van der Waals surface area contributed by atoms with Crippen LogP contribution in [-0.4, -0.2) is 21.8 Å². The number of hydrogen-bond donors (Lipinski definition) is 1. The van der Waals surface area contributed by atoms with Crippen LogP contribution in [0.2, 0.25) is 0 Å². The topological polar surface area (TPSA) is 50.2 Å². The van der Waals surface area contributed by atoms with E-state index in [9.17, 15) is 9.18 Å². The lowest BCUT2D eigenvalue weighted by atomic mass is 10.3. The molecule has 0 bridgehead atoms. The third-order valence-electron chi connectivity index (χ3n) is 1.78. The van der Waals surface area contributed by atoms with Crippen LogP contribution in [0, 0.1) is 5.82 Å². The number of carboxylic acid groups (broad SMARTS) is 1. The van der Waals surface area contributed by atoms with Crippen molar-refractivity contribution < 1.29 is 14.3 Å². The van der Waals surface area contributed by atoms with Crippen LogP contribution in [0.4, 0.5) is 4.39 Å². The second kappa shape index (κ2) is 5.70. The zero-order chi connectivity index (χ0) is 11.3. The first-order valence-electron chi connectivity index (χ1n) is 4.66. The third-order valence-corrected chi connectivity index (χ3v) is 2.88. The molecule has 0 spiro atoms. The molecule has 0 unspecified atom stereocenters. The van der Waals surface area contributed by atoms with Crippen molar-refractivity contribution in [3.63, 3.8) is 0 Å². The molecule has 0 aromatic carbocycles. The molecule has 0 aliphatic heterocycles. The second-order valence-corrected chi connectivity index (χ2v) is 4.10. The van der Waals surface area contributed by atoms with Gasteiger partial charge >= 0.3 is 5.97 Å². The highest BCUT2D eigenvalue weighted by atomic mass is 32.2. The van der Waals surface area contributed by atoms with Crippen LogP contribution in [0.1, 0.15) is 30.1 Å². The normalized spacial score (nSPS) is 10.3. The van der Waals surface area contributed by atoms with Crippen LogP contribution < -0.4 is 0 Å². The lowest BCUT2D eigenvalue weighted by Gasteiger charge is -2.03. The van der Waals surface area contributed by atoms with Gasteiger partial charge in [-0.05, 0) is 18.2 Å². The summed E-state index contributed by atoms with van der Waals surface area (Å²) < 4.78 is 12.8. The molecular formula is C10H12FNO2S. The number of hydrogen-bond acceptors (Lipinski definition) is 3. The van der Waals surface area contributed by atoms with Gasteiger partial charge in [0, 0.05) is 0 Å². The molecule has 1 heterocycles. The van der Waals surface area contributed by atoms with Gasteiger partial charge in [0.05, 0.1) is 11.8 Å². The monoisotopic (exact) mass is 229 g/mol. The molecule has 3 nitrogen and oxygen atoms in total. The number of carboxylic acids is 1. The highest BCUT2D eigenvalue weighted by Gasteiger charge is 2.12. The van der Waals surface area contributed by atoms with Crippen LogP contribution in [0.3, 0.4) is 0 Å². The average Bonchev–Trinajstić information content (AvgIpc) is 2.20. The van der Waals surface area contributed by atoms with E-state index in [4.69, 9.17) is 5.11 Å². The molecule has 0 atom stereocenters. The van der Waals surface area contributed by atoms with E-state index in [0.29, 0.717) is 5.03 Å². The van der Waals surface area contributed by atoms with E-state index in [2.05, 4.69) is 11.9 Å². The van der Waals surface area contributed by atoms with Gasteiger partial charge < -0.3 is 5.11 Å². The Morgan fingerprint density at radius 2 is 2.40 bits per heavy atom. The summed E-state index contributed by atoms with van der Waals surface area (Å²) in [6, 6.07) is 1.00. The van der Waals surface area contributed by atoms with Crippen LogP contribution >= 0.6 is 11.8 Å². The zero-order valence-corrected chi connectivity index (χ0v) is 9.18. The van der Waals surface area contributed by atoms with Gasteiger partial charge in [0.25, 0.3) is 0 Å². The van der Waals surface area contributed by atoms with Gasteiger partial charge in [-0.3, -0.25) is 0 Å². The molecule has 1 aromatic rings. The van der Waals surface area contributed by atoms with Gasteiger partial charge in [0.15, 0.2) is 0 Å². The molecular weight excluding hydrogens is 217 g/mol. The van der Waals surface area contributed by atoms with E-state index >= 15 is 0 Å². The number of pyridine rings is 1. The molecule has 82 valence electrons. The molecule has 5 heteroatoms. The summed E-state index contributed by atoms with van der Waals surface area (Å²) in [5, 5.41) is 9.21. The van der Waals surface area contributed by atoms with Gasteiger partial charge in [-0.2, -0.15) is 0 Å². The molecule has 0 radical (unpaired) electrons. The maximum Gasteiger partial charge on any atom is 0.338 e. The van der Waals surface area contributed by atoms with Gasteiger partial charge in [-0.15, -0.1) is 11.8 Å². The van der Waals surface area contributed by atoms with E-state index < -0.39 is 11.8 Å². The Morgan fingerprint density at radius 1 is 1.67 bits per heavy atom. The number of halogens is 1. The molecule has 1 rings (SSSR count). The van der Waals surface area contributed by atoms with Crippen molar-refractivity contribution in [1.82, 2.24) is 4.98 Å². The number of carbonyl (C=O) groups is 1. The van der Waals surface area contributed by atoms with E-state index in [-0.39, 0.29) is 5.56 Å². The number of unbranched alkanes of at least 4 members (excludes halogenated alkanes) is 1. The minimum absolute atomic E-state index is 0.0592. The lowest BCUT2D eigenvalue weighted by Crippen LogP contribution is -2.02. The van der Waals surface area contributed by atoms with E-state index in [0.717, 1.165) is 30.9 Å². The highest BCUT2D eigenvalue weighted by molar-refractivity contribution is 7.99. The van der Waals surface area contributed by atoms with Crippen molar-refractivity contribution in [2.45, 2.75) is 24.8 Å². The van der Waals surface area contributed by atoms with Crippen molar-refractivity contribution in [2.24, 2.45) is 0 Å². The van der Waals surface area contributed by atoms with E-state index in [1.54, 1.807) is 0 Å². The zero-order valence-electron chi connectivity index (χ0n) is 8.36. The van der Waals surface area contributed by atoms with Crippen LogP contribution in [-0.2, 0) is 0 Å². The predicted octanol–water partition coefficient (Wildman–Crippen LogP) is 2.81. The molecule has 0 saturated heterocycles. The number of thioether (sulfide) groups is 1. The summed E-state index contributed by atoms with van der Waals surface area (Å²) in [4.78, 5) is 14.6. The Kier molecular flexibility index (Phi) is 4.55. The van der Waals surface area contributed by atoms with Crippen molar-refractivity contribution in [3.05, 3.63) is 23.6 Å². The summed E-state index contributed by atoms with van der Waals surface area (Å²) in [6.45, 7) is 2.05. The maximum atomic E-state index is 12.8. The van der Waals surface area contributed by atoms with Crippen molar-refractivity contribution >= 4 is 17.7 Å². The molecule has 0 aliphatic carbocycles. The fourth-order valence-corrected chi connectivity index (χ4v) is 2.06. The lowest BCUT2D eigenvalue weighted by molar-refractivity contribution is 0.0691. The molecule has 0 aliphatic rings. The molecule has 1 aromatic heterocycles. The largest absolute Gasteiger partial charge is 0.478 e. The summed E-state index contributed by atoms with van der Waals surface area (Å²) in [7, 11) is 0. The minimum atomic E-state index is -1.14. The molecule has 0 amide bonds. The van der Waals surface area contributed by atoms with E-state index in [1.165, 1.54) is 11.8 Å². The third kappa shape index (κ3) is 3.51. The Morgan fingerprint density at radius 3 is 3.00 bits per heavy atom. The van der Waals surface area contributed by atoms with Crippen molar-refractivity contribution in [2.75, 3.05) is 5.75 Å². The Labute approximate surface area is 91.7 Å². The molecule has 15 heavy (non-hydrogen) atoms. The van der Waals surface area contributed by atoms with Crippen LogP contribution in [0.15, 0.2) is 17.3 Å². The first kappa shape index (κ1) is 12.0. The number of aromatic carboxylic acids is 1. The van der Waals surface area contributed by atoms with Gasteiger partial charge in [0.2, 0.25) is 0 Å². The highest BCUT2D eigenvalue weighted by Crippen LogP contribution is 2.21. The Bertz CT molecular complexity index is 357. The predicted molar refractivity (Wildman–Crippen MR) is 56.8 cm³/mol. The molecule has 0 fully saturated rings. The number of rotatable bonds is 5. The Hall–Kier alpha value is -1.10. The van der Waals surface area contributed by atoms with Crippen LogP contribution in [0.5, 0.6) is 0 Å². The smallest absolute Gasteiger partial charge is 0.338 e. The summed E-state index contributed by atoms with van der Waals surface area (Å²) in [5.41, 5.74) is -0.0592. The summed E-state index contributed by atoms with van der Waals surface area (Å²) in [6.07, 6.45) is 3.07. The summed E-state index contributed by atoms with van der Waals surface area (Å²) >= 11 is 1.35.